The van der Waals surface area contributed by atoms with Crippen molar-refractivity contribution >= 4 is 0 Å². The van der Waals surface area contributed by atoms with Crippen LogP contribution in [0.1, 0.15) is 106 Å². The Hall–Kier alpha value is -0.180. The molecule has 0 aromatic heterocycles. The molecule has 3 heteroatoms. The average Bonchev–Trinajstić information content (AvgIpc) is 2.99. The summed E-state index contributed by atoms with van der Waals surface area (Å²) in [5.74, 6) is 0.364. The van der Waals surface area contributed by atoms with Gasteiger partial charge in [0.2, 0.25) is 0 Å². The van der Waals surface area contributed by atoms with Crippen LogP contribution < -0.4 is 0 Å². The summed E-state index contributed by atoms with van der Waals surface area (Å²) in [5.41, 5.74) is 0.146. The van der Waals surface area contributed by atoms with Crippen LogP contribution in [-0.4, -0.2) is 16.6 Å². The minimum Gasteiger partial charge on any atom is -0.390 e. The van der Waals surface area contributed by atoms with Crippen molar-refractivity contribution in [3.63, 3.8) is 0 Å². The molecule has 0 amide bonds. The van der Waals surface area contributed by atoms with Crippen molar-refractivity contribution in [1.82, 2.24) is 0 Å². The lowest BCUT2D eigenvalue weighted by atomic mass is 9.43. The number of hydrogen-bond donors (Lipinski definition) is 1. The Kier molecular flexibility index (Phi) is 5.69. The summed E-state index contributed by atoms with van der Waals surface area (Å²) < 4.78 is 29.1. The van der Waals surface area contributed by atoms with Crippen molar-refractivity contribution in [3.8, 4) is 0 Å². The largest absolute Gasteiger partial charge is 0.390 e. The number of aliphatic hydroxyl groups is 1. The molecular formula is C27H46F2O. The molecule has 0 aliphatic heterocycles. The maximum Gasteiger partial charge on any atom is 0.250 e. The molecule has 4 saturated carbocycles. The van der Waals surface area contributed by atoms with Gasteiger partial charge in [0, 0.05) is 12.3 Å². The first-order chi connectivity index (χ1) is 13.8. The quantitative estimate of drug-likeness (QED) is 0.490. The van der Waals surface area contributed by atoms with Crippen LogP contribution in [0.5, 0.6) is 0 Å². The molecule has 1 nitrogen and oxygen atoms in total. The maximum atomic E-state index is 14.5. The summed E-state index contributed by atoms with van der Waals surface area (Å²) in [4.78, 5) is 0. The molecule has 4 aliphatic rings. The first-order valence-corrected chi connectivity index (χ1v) is 12.9. The summed E-state index contributed by atoms with van der Waals surface area (Å²) >= 11 is 0. The van der Waals surface area contributed by atoms with E-state index in [0.717, 1.165) is 43.4 Å². The summed E-state index contributed by atoms with van der Waals surface area (Å²) in [6.07, 6.45) is 10.6. The van der Waals surface area contributed by atoms with Crippen molar-refractivity contribution < 1.29 is 13.9 Å². The van der Waals surface area contributed by atoms with Gasteiger partial charge >= 0.3 is 0 Å². The molecule has 0 spiro atoms. The Balaban J connectivity index is 1.52. The molecule has 0 aromatic carbocycles. The topological polar surface area (TPSA) is 20.2 Å². The van der Waals surface area contributed by atoms with Gasteiger partial charge in [-0.3, -0.25) is 0 Å². The number of hydrogen-bond acceptors (Lipinski definition) is 1. The zero-order valence-electron chi connectivity index (χ0n) is 20.3. The van der Waals surface area contributed by atoms with Crippen LogP contribution in [0.2, 0.25) is 0 Å². The predicted octanol–water partition coefficient (Wildman–Crippen LogP) is 7.71. The predicted molar refractivity (Wildman–Crippen MR) is 119 cm³/mol. The SMILES string of the molecule is CC(C)C(F)(F)C[C@@H](C)[C@H]1CC[C@H]2[C@@H]3CC[C@H]4C[C@@](C)(O)CC[C@]4(C)[C@H]3CC[C@]12C. The number of alkyl halides is 2. The highest BCUT2D eigenvalue weighted by Gasteiger charge is 2.61. The number of halogens is 2. The fraction of sp³-hybridized carbons (Fsp3) is 1.00. The molecule has 1 N–H and O–H groups in total. The van der Waals surface area contributed by atoms with Crippen LogP contribution >= 0.6 is 0 Å². The van der Waals surface area contributed by atoms with Gasteiger partial charge in [0.25, 0.3) is 5.92 Å². The second-order valence-corrected chi connectivity index (χ2v) is 13.2. The van der Waals surface area contributed by atoms with Crippen molar-refractivity contribution in [2.24, 2.45) is 52.3 Å². The third-order valence-corrected chi connectivity index (χ3v) is 11.2. The van der Waals surface area contributed by atoms with Gasteiger partial charge in [-0.25, -0.2) is 8.78 Å². The smallest absolute Gasteiger partial charge is 0.250 e. The second kappa shape index (κ2) is 7.42. The van der Waals surface area contributed by atoms with Crippen LogP contribution in [0.15, 0.2) is 0 Å². The lowest BCUT2D eigenvalue weighted by Crippen LogP contribution is -2.55. The monoisotopic (exact) mass is 424 g/mol. The van der Waals surface area contributed by atoms with Gasteiger partial charge in [0.1, 0.15) is 0 Å². The van der Waals surface area contributed by atoms with E-state index >= 15 is 0 Å². The minimum atomic E-state index is -2.55. The first-order valence-electron chi connectivity index (χ1n) is 12.9. The second-order valence-electron chi connectivity index (χ2n) is 13.2. The van der Waals surface area contributed by atoms with Crippen molar-refractivity contribution in [1.29, 1.82) is 0 Å². The van der Waals surface area contributed by atoms with E-state index in [1.165, 1.54) is 32.1 Å². The van der Waals surface area contributed by atoms with E-state index < -0.39 is 17.4 Å². The van der Waals surface area contributed by atoms with Crippen LogP contribution in [0.3, 0.4) is 0 Å². The molecule has 9 atom stereocenters. The maximum absolute atomic E-state index is 14.5. The Morgan fingerprint density at radius 3 is 2.20 bits per heavy atom. The molecule has 0 unspecified atom stereocenters. The highest BCUT2D eigenvalue weighted by Crippen LogP contribution is 2.69. The molecule has 0 radical (unpaired) electrons. The Bertz CT molecular complexity index is 643. The van der Waals surface area contributed by atoms with Gasteiger partial charge in [-0.05, 0) is 111 Å². The van der Waals surface area contributed by atoms with Gasteiger partial charge in [-0.2, -0.15) is 0 Å². The highest BCUT2D eigenvalue weighted by molar-refractivity contribution is 5.10. The standard InChI is InChI=1S/C27H46F2O/c1-17(2)27(28,29)15-18(3)21-9-10-22-20-8-7-19-16-24(4,30)13-14-25(19,5)23(20)11-12-26(21,22)6/h17-23,30H,7-16H2,1-6H3/t18-,19+,20+,21-,22+,23+,24+,25+,26-/m1/s1. The lowest BCUT2D eigenvalue weighted by molar-refractivity contribution is -0.150. The zero-order valence-corrected chi connectivity index (χ0v) is 20.3. The van der Waals surface area contributed by atoms with E-state index in [4.69, 9.17) is 0 Å². The molecular weight excluding hydrogens is 378 g/mol. The van der Waals surface area contributed by atoms with Crippen molar-refractivity contribution in [2.75, 3.05) is 0 Å². The fourth-order valence-corrected chi connectivity index (χ4v) is 9.21. The van der Waals surface area contributed by atoms with E-state index in [9.17, 15) is 13.9 Å². The van der Waals surface area contributed by atoms with Crippen LogP contribution in [0.4, 0.5) is 8.78 Å². The van der Waals surface area contributed by atoms with Crippen LogP contribution in [0, 0.1) is 52.3 Å². The van der Waals surface area contributed by atoms with Crippen molar-refractivity contribution in [2.45, 2.75) is 117 Å². The number of fused-ring (bicyclic) bond motifs is 5. The highest BCUT2D eigenvalue weighted by atomic mass is 19.3. The van der Waals surface area contributed by atoms with Gasteiger partial charge in [-0.15, -0.1) is 0 Å². The summed E-state index contributed by atoms with van der Waals surface area (Å²) in [6.45, 7) is 12.5. The lowest BCUT2D eigenvalue weighted by Gasteiger charge is -2.62. The minimum absolute atomic E-state index is 0.0562. The van der Waals surface area contributed by atoms with Crippen LogP contribution in [-0.2, 0) is 0 Å². The van der Waals surface area contributed by atoms with E-state index in [1.807, 2.05) is 6.92 Å². The fourth-order valence-electron chi connectivity index (χ4n) is 9.21. The Labute approximate surface area is 183 Å². The molecule has 30 heavy (non-hydrogen) atoms. The molecule has 0 heterocycles. The van der Waals surface area contributed by atoms with Gasteiger partial charge in [0.15, 0.2) is 0 Å². The van der Waals surface area contributed by atoms with Gasteiger partial charge < -0.3 is 5.11 Å². The van der Waals surface area contributed by atoms with Gasteiger partial charge in [-0.1, -0.05) is 34.6 Å². The van der Waals surface area contributed by atoms with E-state index in [1.54, 1.807) is 13.8 Å². The summed E-state index contributed by atoms with van der Waals surface area (Å²) in [7, 11) is 0. The normalized spacial score (nSPS) is 50.0. The Morgan fingerprint density at radius 1 is 0.867 bits per heavy atom. The van der Waals surface area contributed by atoms with Gasteiger partial charge in [0.05, 0.1) is 5.60 Å². The molecule has 4 rings (SSSR count). The third-order valence-electron chi connectivity index (χ3n) is 11.2. The summed E-state index contributed by atoms with van der Waals surface area (Å²) in [5, 5.41) is 10.7. The molecule has 4 aliphatic carbocycles. The molecule has 174 valence electrons. The van der Waals surface area contributed by atoms with E-state index in [2.05, 4.69) is 20.8 Å². The summed E-state index contributed by atoms with van der Waals surface area (Å²) in [6, 6.07) is 0. The molecule has 0 aromatic rings. The number of rotatable bonds is 4. The van der Waals surface area contributed by atoms with E-state index in [-0.39, 0.29) is 17.8 Å². The van der Waals surface area contributed by atoms with Crippen molar-refractivity contribution in [3.05, 3.63) is 0 Å². The van der Waals surface area contributed by atoms with E-state index in [0.29, 0.717) is 17.3 Å². The zero-order chi connectivity index (χ0) is 22.1. The third kappa shape index (κ3) is 3.57. The molecule has 0 saturated heterocycles. The average molecular weight is 425 g/mol. The molecule has 0 bridgehead atoms. The molecule has 4 fully saturated rings. The Morgan fingerprint density at radius 2 is 1.53 bits per heavy atom. The first kappa shape index (κ1) is 23.0. The van der Waals surface area contributed by atoms with Crippen LogP contribution in [0.25, 0.3) is 0 Å².